The summed E-state index contributed by atoms with van der Waals surface area (Å²) in [6, 6.07) is 11.8. The highest BCUT2D eigenvalue weighted by Crippen LogP contribution is 2.42. The Morgan fingerprint density at radius 1 is 1.19 bits per heavy atom. The number of amides is 1. The van der Waals surface area contributed by atoms with Crippen molar-refractivity contribution < 1.29 is 4.79 Å². The zero-order chi connectivity index (χ0) is 18.1. The maximum absolute atomic E-state index is 13.2. The van der Waals surface area contributed by atoms with Gasteiger partial charge in [0.15, 0.2) is 5.82 Å². The van der Waals surface area contributed by atoms with Crippen molar-refractivity contribution in [1.82, 2.24) is 15.1 Å². The number of piperidine rings is 1. The van der Waals surface area contributed by atoms with Gasteiger partial charge in [-0.15, -0.1) is 5.10 Å². The van der Waals surface area contributed by atoms with E-state index in [1.165, 1.54) is 0 Å². The fraction of sp³-hybridized carbons (Fsp3) is 0.400. The summed E-state index contributed by atoms with van der Waals surface area (Å²) >= 11 is 0. The van der Waals surface area contributed by atoms with Gasteiger partial charge in [-0.05, 0) is 51.3 Å². The van der Waals surface area contributed by atoms with Crippen LogP contribution in [-0.2, 0) is 6.42 Å². The molecule has 1 N–H and O–H groups in total. The minimum Gasteiger partial charge on any atom is -0.328 e. The number of carbonyl (C=O) groups excluding carboxylic acids is 1. The van der Waals surface area contributed by atoms with E-state index in [9.17, 15) is 4.79 Å². The van der Waals surface area contributed by atoms with Crippen molar-refractivity contribution in [1.29, 1.82) is 0 Å². The summed E-state index contributed by atoms with van der Waals surface area (Å²) in [5, 5.41) is 12.9. The summed E-state index contributed by atoms with van der Waals surface area (Å²) in [5.74, 6) is 0.737. The Labute approximate surface area is 153 Å². The van der Waals surface area contributed by atoms with Crippen LogP contribution >= 0.6 is 0 Å². The third kappa shape index (κ3) is 3.07. The van der Waals surface area contributed by atoms with Crippen molar-refractivity contribution in [2.75, 3.05) is 5.43 Å². The van der Waals surface area contributed by atoms with E-state index in [1.807, 2.05) is 50.2 Å². The first-order valence-corrected chi connectivity index (χ1v) is 9.14. The highest BCUT2D eigenvalue weighted by Gasteiger charge is 2.41. The average molecular weight is 349 g/mol. The fourth-order valence-electron chi connectivity index (χ4n) is 3.95. The van der Waals surface area contributed by atoms with Gasteiger partial charge in [0, 0.05) is 29.3 Å². The molecule has 0 radical (unpaired) electrons. The van der Waals surface area contributed by atoms with E-state index in [0.29, 0.717) is 5.82 Å². The van der Waals surface area contributed by atoms with Crippen LogP contribution in [0.5, 0.6) is 0 Å². The van der Waals surface area contributed by atoms with Crippen LogP contribution in [0.15, 0.2) is 41.5 Å². The SMILES string of the molecule is CC(C)=NNc1cc2c(nn1)CC1CCCC2N1C(=O)c1ccccc1. The van der Waals surface area contributed by atoms with E-state index >= 15 is 0 Å². The molecule has 0 saturated carbocycles. The van der Waals surface area contributed by atoms with E-state index in [4.69, 9.17) is 0 Å². The molecule has 2 bridgehead atoms. The minimum absolute atomic E-state index is 0.0629. The maximum atomic E-state index is 13.2. The van der Waals surface area contributed by atoms with E-state index in [2.05, 4.69) is 25.6 Å². The van der Waals surface area contributed by atoms with Gasteiger partial charge in [-0.1, -0.05) is 18.2 Å². The molecule has 6 heteroatoms. The molecular formula is C20H23N5O. The zero-order valence-corrected chi connectivity index (χ0v) is 15.1. The van der Waals surface area contributed by atoms with Gasteiger partial charge >= 0.3 is 0 Å². The lowest BCUT2D eigenvalue weighted by Crippen LogP contribution is -2.50. The first kappa shape index (κ1) is 16.7. The number of carbonyl (C=O) groups is 1. The van der Waals surface area contributed by atoms with Crippen LogP contribution in [0.1, 0.15) is 60.8 Å². The van der Waals surface area contributed by atoms with Gasteiger partial charge in [0.25, 0.3) is 5.91 Å². The topological polar surface area (TPSA) is 70.5 Å². The monoisotopic (exact) mass is 349 g/mol. The number of aromatic nitrogens is 2. The standard InChI is InChI=1S/C20H23N5O/c1-13(2)21-23-19-12-16-17(22-24-19)11-15-9-6-10-18(16)25(15)20(26)14-7-4-3-5-8-14/h3-5,7-8,12,15,18H,6,9-11H2,1-2H3,(H,23,24). The molecule has 3 heterocycles. The van der Waals surface area contributed by atoms with Crippen LogP contribution in [0, 0.1) is 0 Å². The molecule has 1 saturated heterocycles. The van der Waals surface area contributed by atoms with E-state index in [0.717, 1.165) is 48.2 Å². The molecule has 2 aromatic rings. The second-order valence-corrected chi connectivity index (χ2v) is 7.19. The highest BCUT2D eigenvalue weighted by atomic mass is 16.2. The highest BCUT2D eigenvalue weighted by molar-refractivity contribution is 5.95. The van der Waals surface area contributed by atoms with Crippen LogP contribution < -0.4 is 5.43 Å². The molecular weight excluding hydrogens is 326 g/mol. The summed E-state index contributed by atoms with van der Waals surface area (Å²) in [7, 11) is 0. The van der Waals surface area contributed by atoms with Crippen LogP contribution in [0.2, 0.25) is 0 Å². The summed E-state index contributed by atoms with van der Waals surface area (Å²) in [6.45, 7) is 3.84. The van der Waals surface area contributed by atoms with Crippen molar-refractivity contribution in [3.05, 3.63) is 53.2 Å². The predicted molar refractivity (Wildman–Crippen MR) is 101 cm³/mol. The zero-order valence-electron chi connectivity index (χ0n) is 15.1. The molecule has 4 rings (SSSR count). The first-order chi connectivity index (χ1) is 12.6. The summed E-state index contributed by atoms with van der Waals surface area (Å²) in [5.41, 5.74) is 6.74. The Morgan fingerprint density at radius 2 is 2.00 bits per heavy atom. The van der Waals surface area contributed by atoms with E-state index in [1.54, 1.807) is 0 Å². The largest absolute Gasteiger partial charge is 0.328 e. The average Bonchev–Trinajstić information content (AvgIpc) is 2.66. The quantitative estimate of drug-likeness (QED) is 0.679. The Bertz CT molecular complexity index is 845. The Morgan fingerprint density at radius 3 is 2.77 bits per heavy atom. The Hall–Kier alpha value is -2.76. The van der Waals surface area contributed by atoms with Crippen LogP contribution in [0.3, 0.4) is 0 Å². The number of anilines is 1. The van der Waals surface area contributed by atoms with E-state index < -0.39 is 0 Å². The Kier molecular flexibility index (Phi) is 4.41. The number of hydrazone groups is 1. The molecule has 1 amide bonds. The molecule has 2 aliphatic heterocycles. The number of rotatable bonds is 3. The maximum Gasteiger partial charge on any atom is 0.254 e. The fourth-order valence-corrected chi connectivity index (χ4v) is 3.95. The molecule has 1 aromatic carbocycles. The lowest BCUT2D eigenvalue weighted by atomic mass is 9.82. The first-order valence-electron chi connectivity index (χ1n) is 9.14. The number of nitrogens with zero attached hydrogens (tertiary/aromatic N) is 4. The number of hydrogen-bond acceptors (Lipinski definition) is 5. The van der Waals surface area contributed by atoms with Gasteiger partial charge in [0.1, 0.15) is 0 Å². The van der Waals surface area contributed by atoms with Gasteiger partial charge in [-0.25, -0.2) is 0 Å². The predicted octanol–water partition coefficient (Wildman–Crippen LogP) is 3.58. The summed E-state index contributed by atoms with van der Waals surface area (Å²) < 4.78 is 0. The molecule has 0 aliphatic carbocycles. The van der Waals surface area contributed by atoms with Gasteiger partial charge in [-0.3, -0.25) is 10.2 Å². The number of nitrogens with one attached hydrogen (secondary N) is 1. The third-order valence-corrected chi connectivity index (χ3v) is 5.09. The Balaban J connectivity index is 1.69. The molecule has 26 heavy (non-hydrogen) atoms. The molecule has 2 unspecified atom stereocenters. The van der Waals surface area contributed by atoms with Gasteiger partial charge in [0.05, 0.1) is 11.7 Å². The van der Waals surface area contributed by atoms with Gasteiger partial charge < -0.3 is 4.90 Å². The van der Waals surface area contributed by atoms with Crippen molar-refractivity contribution in [2.24, 2.45) is 5.10 Å². The summed E-state index contributed by atoms with van der Waals surface area (Å²) in [6.07, 6.45) is 3.89. The van der Waals surface area contributed by atoms with Crippen molar-refractivity contribution >= 4 is 17.4 Å². The molecule has 6 nitrogen and oxygen atoms in total. The van der Waals surface area contributed by atoms with Crippen LogP contribution in [-0.4, -0.2) is 32.8 Å². The smallest absolute Gasteiger partial charge is 0.254 e. The number of hydrogen-bond donors (Lipinski definition) is 1. The van der Waals surface area contributed by atoms with Gasteiger partial charge in [-0.2, -0.15) is 10.2 Å². The normalized spacial score (nSPS) is 20.9. The van der Waals surface area contributed by atoms with Crippen molar-refractivity contribution in [3.8, 4) is 0 Å². The van der Waals surface area contributed by atoms with Gasteiger partial charge in [0.2, 0.25) is 0 Å². The lowest BCUT2D eigenvalue weighted by molar-refractivity contribution is 0.0394. The number of fused-ring (bicyclic) bond motifs is 4. The second-order valence-electron chi connectivity index (χ2n) is 7.19. The molecule has 0 spiro atoms. The number of benzene rings is 1. The molecule has 2 atom stereocenters. The molecule has 2 aliphatic rings. The molecule has 1 fully saturated rings. The minimum atomic E-state index is 0.0629. The lowest BCUT2D eigenvalue weighted by Gasteiger charge is -2.46. The van der Waals surface area contributed by atoms with E-state index in [-0.39, 0.29) is 18.0 Å². The molecule has 1 aromatic heterocycles. The third-order valence-electron chi connectivity index (χ3n) is 5.09. The molecule has 134 valence electrons. The van der Waals surface area contributed by atoms with Crippen LogP contribution in [0.25, 0.3) is 0 Å². The van der Waals surface area contributed by atoms with Crippen molar-refractivity contribution in [2.45, 2.75) is 51.6 Å². The van der Waals surface area contributed by atoms with Crippen molar-refractivity contribution in [3.63, 3.8) is 0 Å². The van der Waals surface area contributed by atoms with Crippen LogP contribution in [0.4, 0.5) is 5.82 Å². The summed E-state index contributed by atoms with van der Waals surface area (Å²) in [4.78, 5) is 15.2. The second kappa shape index (κ2) is 6.86.